The summed E-state index contributed by atoms with van der Waals surface area (Å²) in [5.74, 6) is 7.34. The molecule has 0 heterocycles. The SMILES string of the molecule is C[C]1[C](C)[C](C)[C](C)[C]1C.[C-]#C[Si](C)(C)C.[N-]=O.[Re].c1ccc(P(c2ccccc2)c2ccccc2)cc1. The predicted molar refractivity (Wildman–Crippen MR) is 167 cm³/mol. The van der Waals surface area contributed by atoms with Crippen molar-refractivity contribution in [2.75, 3.05) is 0 Å². The van der Waals surface area contributed by atoms with E-state index in [0.29, 0.717) is 0 Å². The van der Waals surface area contributed by atoms with E-state index in [1.807, 2.05) is 0 Å². The topological polar surface area (TPSA) is 39.4 Å². The molecule has 5 heteroatoms. The van der Waals surface area contributed by atoms with Crippen molar-refractivity contribution < 1.29 is 20.4 Å². The van der Waals surface area contributed by atoms with Gasteiger partial charge in [0, 0.05) is 20.4 Å². The van der Waals surface area contributed by atoms with Crippen LogP contribution in [-0.2, 0) is 20.4 Å². The van der Waals surface area contributed by atoms with Crippen molar-refractivity contribution in [3.05, 3.63) is 138 Å². The first kappa shape index (κ1) is 36.1. The number of hydrogen-bond acceptors (Lipinski definition) is 1. The summed E-state index contributed by atoms with van der Waals surface area (Å²) in [6.07, 6.45) is 6.67. The summed E-state index contributed by atoms with van der Waals surface area (Å²) in [4.78, 5) is 7.25. The summed E-state index contributed by atoms with van der Waals surface area (Å²) in [6, 6.07) is 32.3. The van der Waals surface area contributed by atoms with Gasteiger partial charge < -0.3 is 22.5 Å². The van der Waals surface area contributed by atoms with Gasteiger partial charge in [-0.3, -0.25) is 0 Å². The van der Waals surface area contributed by atoms with Crippen LogP contribution in [0.1, 0.15) is 34.6 Å². The van der Waals surface area contributed by atoms with Crippen LogP contribution in [0.25, 0.3) is 5.59 Å². The van der Waals surface area contributed by atoms with Crippen LogP contribution in [0.3, 0.4) is 0 Å². The summed E-state index contributed by atoms with van der Waals surface area (Å²) < 4.78 is 0. The minimum absolute atomic E-state index is 0. The molecule has 0 saturated heterocycles. The molecule has 0 unspecified atom stereocenters. The van der Waals surface area contributed by atoms with Gasteiger partial charge in [-0.15, -0.1) is 0 Å². The van der Waals surface area contributed by atoms with Gasteiger partial charge in [-0.05, 0) is 53.4 Å². The molecule has 0 aromatic heterocycles. The molecule has 1 fully saturated rings. The van der Waals surface area contributed by atoms with Crippen molar-refractivity contribution in [3.63, 3.8) is 0 Å². The van der Waals surface area contributed by atoms with Gasteiger partial charge in [0.1, 0.15) is 0 Å². The summed E-state index contributed by atoms with van der Waals surface area (Å²) in [5, 5.41) is 4.19. The number of hydrogen-bond donors (Lipinski definition) is 0. The third-order valence-electron chi connectivity index (χ3n) is 6.23. The molecule has 4 rings (SSSR count). The third-order valence-corrected chi connectivity index (χ3v) is 9.42. The molecule has 1 saturated carbocycles. The fourth-order valence-corrected chi connectivity index (χ4v) is 5.89. The molecule has 200 valence electrons. The van der Waals surface area contributed by atoms with Crippen molar-refractivity contribution in [2.24, 2.45) is 0 Å². The van der Waals surface area contributed by atoms with E-state index in [4.69, 9.17) is 16.9 Å². The number of rotatable bonds is 3. The molecule has 0 spiro atoms. The molecule has 38 heavy (non-hydrogen) atoms. The van der Waals surface area contributed by atoms with Crippen LogP contribution in [0, 0.1) is 46.5 Å². The molecule has 0 N–H and O–H groups in total. The van der Waals surface area contributed by atoms with E-state index >= 15 is 0 Å². The van der Waals surface area contributed by atoms with E-state index < -0.39 is 16.0 Å². The zero-order chi connectivity index (χ0) is 28.0. The van der Waals surface area contributed by atoms with Gasteiger partial charge in [-0.1, -0.05) is 145 Å². The molecule has 1 aliphatic rings. The van der Waals surface area contributed by atoms with E-state index in [0.717, 1.165) is 0 Å². The van der Waals surface area contributed by atoms with Crippen molar-refractivity contribution in [2.45, 2.75) is 54.3 Å². The Hall–Kier alpha value is -1.87. The van der Waals surface area contributed by atoms with Gasteiger partial charge in [0.25, 0.3) is 0 Å². The first-order chi connectivity index (χ1) is 17.6. The van der Waals surface area contributed by atoms with Gasteiger partial charge in [-0.2, -0.15) is 0 Å². The number of benzene rings is 3. The largest absolute Gasteiger partial charge is 0.701 e. The molecular formula is C33H39NOPReSi-2. The fourth-order valence-electron chi connectivity index (χ4n) is 3.58. The zero-order valence-corrected chi connectivity index (χ0v) is 28.5. The van der Waals surface area contributed by atoms with Crippen LogP contribution < -0.4 is 15.9 Å². The quantitative estimate of drug-likeness (QED) is 0.117. The van der Waals surface area contributed by atoms with Crippen LogP contribution in [-0.4, -0.2) is 8.07 Å². The Morgan fingerprint density at radius 1 is 0.553 bits per heavy atom. The van der Waals surface area contributed by atoms with Crippen LogP contribution in [0.2, 0.25) is 19.6 Å². The molecule has 0 bridgehead atoms. The molecule has 1 aliphatic carbocycles. The average molecular weight is 711 g/mol. The molecule has 0 atom stereocenters. The molecule has 3 aromatic rings. The van der Waals surface area contributed by atoms with Crippen LogP contribution in [0.4, 0.5) is 0 Å². The van der Waals surface area contributed by atoms with E-state index in [1.54, 1.807) is 0 Å². The maximum Gasteiger partial charge on any atom is 0.0806 e. The Balaban J connectivity index is 0.000000609. The van der Waals surface area contributed by atoms with Crippen molar-refractivity contribution in [3.8, 4) is 5.54 Å². The van der Waals surface area contributed by atoms with Crippen LogP contribution in [0.5, 0.6) is 0 Å². The normalized spacial score (nSPS) is 14.5. The molecule has 0 aliphatic heterocycles. The number of nitroso groups, excluding NO2 is 1. The Labute approximate surface area is 248 Å². The smallest absolute Gasteiger partial charge is 0.0806 e. The maximum atomic E-state index is 7.25. The summed E-state index contributed by atoms with van der Waals surface area (Å²) in [7, 11) is -1.66. The Morgan fingerprint density at radius 3 is 0.895 bits per heavy atom. The van der Waals surface area contributed by atoms with E-state index in [9.17, 15) is 0 Å². The second-order valence-electron chi connectivity index (χ2n) is 9.84. The van der Waals surface area contributed by atoms with Crippen molar-refractivity contribution in [1.29, 1.82) is 0 Å². The average Bonchev–Trinajstić information content (AvgIpc) is 3.09. The predicted octanol–water partition coefficient (Wildman–Crippen LogP) is 8.19. The minimum Gasteiger partial charge on any atom is -0.701 e. The van der Waals surface area contributed by atoms with Gasteiger partial charge in [0.15, 0.2) is 0 Å². The van der Waals surface area contributed by atoms with Gasteiger partial charge in [0.2, 0.25) is 0 Å². The standard InChI is InChI=1S/C18H15P.C10H15.C5H9Si.NO.Re/c1-4-10-16(11-5-1)19(17-12-6-2-7-13-17)18-14-8-3-9-15-18;1-6-7(2)9(4)10(5)8(6)3;1-5-6(2,3)4;1-2;/h1-15H;1-5H3;2-4H3;;/q;;2*-1;. The molecule has 2 nitrogen and oxygen atoms in total. The summed E-state index contributed by atoms with van der Waals surface area (Å²) in [5.41, 5.74) is 8.24. The van der Waals surface area contributed by atoms with E-state index in [1.165, 1.54) is 45.5 Å². The van der Waals surface area contributed by atoms with Crippen LogP contribution >= 0.6 is 7.92 Å². The van der Waals surface area contributed by atoms with E-state index in [-0.39, 0.29) is 20.4 Å². The van der Waals surface area contributed by atoms with Crippen molar-refractivity contribution >= 4 is 31.9 Å². The van der Waals surface area contributed by atoms with Crippen molar-refractivity contribution in [1.82, 2.24) is 0 Å². The van der Waals surface area contributed by atoms with E-state index in [2.05, 4.69) is 151 Å². The zero-order valence-electron chi connectivity index (χ0n) is 23.8. The molecule has 0 amide bonds. The monoisotopic (exact) mass is 711 g/mol. The second-order valence-corrected chi connectivity index (χ2v) is 16.8. The van der Waals surface area contributed by atoms with Gasteiger partial charge in [-0.25, -0.2) is 0 Å². The summed E-state index contributed by atoms with van der Waals surface area (Å²) in [6.45, 7) is 17.2. The second kappa shape index (κ2) is 18.4. The Bertz CT molecular complexity index is 914. The first-order valence-electron chi connectivity index (χ1n) is 12.3. The molecular weight excluding hydrogens is 672 g/mol. The Kier molecular flexibility index (Phi) is 17.5. The number of nitrogens with zero attached hydrogens (tertiary/aromatic N) is 1. The minimum atomic E-state index is -1.21. The fraction of sp³-hybridized carbons (Fsp3) is 0.242. The third kappa shape index (κ3) is 11.5. The maximum absolute atomic E-state index is 7.25. The molecule has 6 radical (unpaired) electrons. The van der Waals surface area contributed by atoms with Crippen LogP contribution in [0.15, 0.2) is 91.0 Å². The van der Waals surface area contributed by atoms with Gasteiger partial charge in [0.05, 0.1) is 8.07 Å². The Morgan fingerprint density at radius 2 is 0.737 bits per heavy atom. The van der Waals surface area contributed by atoms with Gasteiger partial charge >= 0.3 is 0 Å². The first-order valence-corrected chi connectivity index (χ1v) is 17.2. The molecule has 3 aromatic carbocycles. The summed E-state index contributed by atoms with van der Waals surface area (Å²) >= 11 is 0.